The Labute approximate surface area is 275 Å². The van der Waals surface area contributed by atoms with E-state index in [4.69, 9.17) is 0 Å². The molecule has 2 aromatic carbocycles. The van der Waals surface area contributed by atoms with Gasteiger partial charge in [0.25, 0.3) is 0 Å². The van der Waals surface area contributed by atoms with Gasteiger partial charge in [-0.2, -0.15) is 0 Å². The van der Waals surface area contributed by atoms with Crippen LogP contribution in [-0.2, 0) is 29.3 Å². The number of aryl methyl sites for hydroxylation is 2. The molecule has 0 amide bonds. The van der Waals surface area contributed by atoms with Gasteiger partial charge in [0.1, 0.15) is 0 Å². The number of nitrogens with zero attached hydrogens (tertiary/aromatic N) is 2. The van der Waals surface area contributed by atoms with Gasteiger partial charge in [-0.1, -0.05) is 129 Å². The Morgan fingerprint density at radius 2 is 0.907 bits per heavy atom. The van der Waals surface area contributed by atoms with E-state index in [9.17, 15) is 5.53 Å². The Morgan fingerprint density at radius 3 is 1.53 bits per heavy atom. The van der Waals surface area contributed by atoms with E-state index in [2.05, 4.69) is 76.2 Å². The fourth-order valence-corrected chi connectivity index (χ4v) is 6.46. The summed E-state index contributed by atoms with van der Waals surface area (Å²) in [4.78, 5) is 0. The van der Waals surface area contributed by atoms with Crippen LogP contribution in [0.1, 0.15) is 166 Å². The van der Waals surface area contributed by atoms with E-state index in [1.165, 1.54) is 131 Å². The summed E-state index contributed by atoms with van der Waals surface area (Å²) < 4.78 is 1.58. The average molecular weight is 628 g/mol. The molecule has 0 bridgehead atoms. The molecule has 240 valence electrons. The van der Waals surface area contributed by atoms with Crippen molar-refractivity contribution in [1.29, 1.82) is 0 Å². The second-order valence-electron chi connectivity index (χ2n) is 12.6. The minimum Gasteiger partial charge on any atom is -0.493 e. The Morgan fingerprint density at radius 1 is 0.465 bits per heavy atom. The van der Waals surface area contributed by atoms with Gasteiger partial charge in [0.15, 0.2) is 0 Å². The quantitative estimate of drug-likeness (QED) is 0.0705. The van der Waals surface area contributed by atoms with E-state index in [1.54, 1.807) is 4.70 Å². The van der Waals surface area contributed by atoms with Gasteiger partial charge in [-0.05, 0) is 86.8 Å². The molecule has 0 saturated carbocycles. The third kappa shape index (κ3) is 11.8. The summed E-state index contributed by atoms with van der Waals surface area (Å²) in [6.07, 6.45) is 24.6. The van der Waals surface area contributed by atoms with Crippen molar-refractivity contribution in [3.63, 3.8) is 0 Å². The first-order chi connectivity index (χ1) is 20.6. The van der Waals surface area contributed by atoms with Gasteiger partial charge >= 0.3 is 0 Å². The van der Waals surface area contributed by atoms with Crippen molar-refractivity contribution >= 4 is 11.4 Å². The SMILES string of the molecule is CCCCCCCCc1cccc(C2=C(CCCCC)C(CCCCCC)=C(c3ccc(CCCCC)cc3)[N+]2=[N-])c1.[Ni]. The monoisotopic (exact) mass is 626 g/mol. The molecule has 0 N–H and O–H groups in total. The second-order valence-corrected chi connectivity index (χ2v) is 12.6. The molecular formula is C40H60N2Ni. The molecule has 0 aromatic heterocycles. The van der Waals surface area contributed by atoms with Crippen LogP contribution < -0.4 is 0 Å². The van der Waals surface area contributed by atoms with Crippen LogP contribution in [0, 0.1) is 0 Å². The van der Waals surface area contributed by atoms with Crippen LogP contribution in [0.5, 0.6) is 0 Å². The van der Waals surface area contributed by atoms with Gasteiger partial charge in [-0.15, -0.1) is 0 Å². The molecule has 43 heavy (non-hydrogen) atoms. The summed E-state index contributed by atoms with van der Waals surface area (Å²) in [6.45, 7) is 9.11. The minimum atomic E-state index is 0. The summed E-state index contributed by atoms with van der Waals surface area (Å²) in [5.74, 6) is 0. The zero-order chi connectivity index (χ0) is 30.0. The molecule has 0 saturated heterocycles. The standard InChI is InChI=1S/C40H60N2.Ni/c1-5-9-13-15-16-19-23-34-24-21-25-36(32-34)40-38(26-18-12-8-4)37(27-20-14-10-6-2)39(42(40)41)35-30-28-33(29-31-35)22-17-11-7-3;/h21,24-25,28-32H,5-20,22-23,26-27H2,1-4H3;. The van der Waals surface area contributed by atoms with E-state index >= 15 is 0 Å². The second kappa shape index (κ2) is 21.7. The predicted molar refractivity (Wildman–Crippen MR) is 184 cm³/mol. The number of allylic oxidation sites excluding steroid dienone is 2. The maximum atomic E-state index is 12.0. The Hall–Kier alpha value is -1.99. The summed E-state index contributed by atoms with van der Waals surface area (Å²) in [5, 5.41) is 0. The molecule has 3 rings (SSSR count). The van der Waals surface area contributed by atoms with Gasteiger partial charge in [0, 0.05) is 38.8 Å². The van der Waals surface area contributed by atoms with Crippen LogP contribution >= 0.6 is 0 Å². The zero-order valence-electron chi connectivity index (χ0n) is 28.0. The largest absolute Gasteiger partial charge is 0.493 e. The molecule has 1 aliphatic heterocycles. The predicted octanol–water partition coefficient (Wildman–Crippen LogP) is 13.0. The van der Waals surface area contributed by atoms with Crippen molar-refractivity contribution in [2.24, 2.45) is 0 Å². The fourth-order valence-electron chi connectivity index (χ4n) is 6.46. The van der Waals surface area contributed by atoms with E-state index in [0.717, 1.165) is 42.6 Å². The summed E-state index contributed by atoms with van der Waals surface area (Å²) >= 11 is 0. The smallest absolute Gasteiger partial charge is 0.211 e. The molecule has 0 aliphatic carbocycles. The maximum absolute atomic E-state index is 12.0. The van der Waals surface area contributed by atoms with Gasteiger partial charge in [-0.3, -0.25) is 0 Å². The molecule has 2 aromatic rings. The summed E-state index contributed by atoms with van der Waals surface area (Å²) in [5.41, 5.74) is 21.9. The van der Waals surface area contributed by atoms with Gasteiger partial charge in [-0.25, -0.2) is 4.70 Å². The first kappa shape index (κ1) is 37.2. The molecule has 0 radical (unpaired) electrons. The van der Waals surface area contributed by atoms with Crippen molar-refractivity contribution in [1.82, 2.24) is 0 Å². The Bertz CT molecular complexity index is 1140. The molecular weight excluding hydrogens is 567 g/mol. The van der Waals surface area contributed by atoms with Gasteiger partial charge < -0.3 is 5.53 Å². The van der Waals surface area contributed by atoms with Crippen LogP contribution in [0.3, 0.4) is 0 Å². The van der Waals surface area contributed by atoms with Crippen LogP contribution in [0.25, 0.3) is 16.9 Å². The fraction of sp³-hybridized carbons (Fsp3) is 0.600. The van der Waals surface area contributed by atoms with Crippen molar-refractivity contribution in [3.8, 4) is 0 Å². The van der Waals surface area contributed by atoms with Crippen LogP contribution in [0.15, 0.2) is 59.7 Å². The van der Waals surface area contributed by atoms with E-state index in [1.807, 2.05) is 0 Å². The van der Waals surface area contributed by atoms with E-state index in [0.29, 0.717) is 0 Å². The molecule has 2 nitrogen and oxygen atoms in total. The summed E-state index contributed by atoms with van der Waals surface area (Å²) in [7, 11) is 0. The molecule has 0 spiro atoms. The molecule has 0 atom stereocenters. The maximum Gasteiger partial charge on any atom is 0.211 e. The first-order valence-electron chi connectivity index (χ1n) is 17.8. The normalized spacial score (nSPS) is 13.3. The average Bonchev–Trinajstić information content (AvgIpc) is 3.28. The zero-order valence-corrected chi connectivity index (χ0v) is 29.0. The van der Waals surface area contributed by atoms with Crippen LogP contribution in [-0.4, -0.2) is 4.70 Å². The third-order valence-electron chi connectivity index (χ3n) is 8.99. The molecule has 1 aliphatic rings. The minimum absolute atomic E-state index is 0. The molecule has 0 unspecified atom stereocenters. The molecule has 0 fully saturated rings. The molecule has 3 heteroatoms. The van der Waals surface area contributed by atoms with Gasteiger partial charge in [0.2, 0.25) is 11.4 Å². The number of benzene rings is 2. The van der Waals surface area contributed by atoms with Crippen molar-refractivity contribution in [3.05, 3.63) is 87.5 Å². The number of hydrogen-bond acceptors (Lipinski definition) is 0. The first-order valence-corrected chi connectivity index (χ1v) is 17.8. The van der Waals surface area contributed by atoms with Crippen molar-refractivity contribution in [2.75, 3.05) is 0 Å². The summed E-state index contributed by atoms with van der Waals surface area (Å²) in [6, 6.07) is 18.2. The van der Waals surface area contributed by atoms with Crippen molar-refractivity contribution in [2.45, 2.75) is 156 Å². The van der Waals surface area contributed by atoms with Crippen molar-refractivity contribution < 1.29 is 21.2 Å². The third-order valence-corrected chi connectivity index (χ3v) is 8.99. The van der Waals surface area contributed by atoms with Crippen LogP contribution in [0.4, 0.5) is 0 Å². The molecule has 1 heterocycles. The number of unbranched alkanes of at least 4 members (excludes halogenated alkanes) is 12. The Kier molecular flexibility index (Phi) is 18.7. The Balaban J connectivity index is 0.00000645. The van der Waals surface area contributed by atoms with Gasteiger partial charge in [0.05, 0.1) is 0 Å². The topological polar surface area (TPSA) is 25.3 Å². The van der Waals surface area contributed by atoms with E-state index < -0.39 is 0 Å². The van der Waals surface area contributed by atoms with E-state index in [-0.39, 0.29) is 16.5 Å². The number of rotatable bonds is 22. The van der Waals surface area contributed by atoms with Crippen LogP contribution in [0.2, 0.25) is 0 Å². The number of hydrogen-bond donors (Lipinski definition) is 0.